The van der Waals surface area contributed by atoms with Crippen LogP contribution >= 0.6 is 0 Å². The van der Waals surface area contributed by atoms with Gasteiger partial charge in [0.1, 0.15) is 23.5 Å². The molecule has 6 amide bonds. The highest BCUT2D eigenvalue weighted by atomic mass is 19.1. The standard InChI is InChI=1S/C61H85F2N7O8.CH4/c1-11-40(2)56(75)66-55(61(7,8)9)59(78)70-33-13-15-49(70)38-67(34-30-42-16-24-46(62)25-17-42)53(73)29-28-51(71)44-20-22-45(23-21-44)57(76)65-37-54(74)68(35-31-43-18-26-47(63)27-19-43)39-48-14-12-32-69(48)58(77)50(60(4,5)6)36-52(72)41(3)64-10;/h16-27,40-41,48-50,55,64H,11-15,28-39H2,1-10H3,(H,65,76)(H,66,75);1H4/t40-,41+,48+,49+,50-,55-;/m1./s1. The molecule has 0 aromatic heterocycles. The number of nitrogens with one attached hydrogen (secondary N) is 3. The van der Waals surface area contributed by atoms with Gasteiger partial charge in [0.25, 0.3) is 5.91 Å². The zero-order chi connectivity index (χ0) is 57.5. The molecule has 3 N–H and O–H groups in total. The van der Waals surface area contributed by atoms with Crippen molar-refractivity contribution in [1.82, 2.24) is 35.6 Å². The first-order chi connectivity index (χ1) is 36.8. The molecular formula is C62H89F2N7O8. The fourth-order valence-electron chi connectivity index (χ4n) is 10.1. The zero-order valence-electron chi connectivity index (χ0n) is 47.7. The molecule has 2 saturated heterocycles. The van der Waals surface area contributed by atoms with E-state index in [0.29, 0.717) is 45.2 Å². The normalized spacial score (nSPS) is 17.0. The lowest BCUT2D eigenvalue weighted by Gasteiger charge is -2.37. The molecular weight excluding hydrogens is 1010 g/mol. The molecule has 2 heterocycles. The van der Waals surface area contributed by atoms with Crippen molar-refractivity contribution in [2.24, 2.45) is 22.7 Å². The molecule has 0 aliphatic carbocycles. The third-order valence-corrected chi connectivity index (χ3v) is 15.6. The quantitative estimate of drug-likeness (QED) is 0.0667. The number of rotatable bonds is 26. The van der Waals surface area contributed by atoms with Crippen LogP contribution in [0, 0.1) is 34.3 Å². The Hall–Kier alpha value is -6.36. The maximum Gasteiger partial charge on any atom is 0.251 e. The van der Waals surface area contributed by atoms with Crippen LogP contribution in [0.25, 0.3) is 0 Å². The molecule has 15 nitrogen and oxygen atoms in total. The van der Waals surface area contributed by atoms with Gasteiger partial charge in [-0.1, -0.05) is 99.2 Å². The van der Waals surface area contributed by atoms with Gasteiger partial charge >= 0.3 is 0 Å². The first-order valence-electron chi connectivity index (χ1n) is 27.9. The predicted octanol–water partition coefficient (Wildman–Crippen LogP) is 8.22. The molecule has 434 valence electrons. The molecule has 5 rings (SSSR count). The topological polar surface area (TPSA) is 186 Å². The Morgan fingerprint density at radius 2 is 1.14 bits per heavy atom. The minimum Gasteiger partial charge on any atom is -0.344 e. The van der Waals surface area contributed by atoms with E-state index in [1.165, 1.54) is 48.5 Å². The zero-order valence-corrected chi connectivity index (χ0v) is 47.7. The van der Waals surface area contributed by atoms with Gasteiger partial charge in [0.15, 0.2) is 5.78 Å². The number of ketones is 2. The number of halogens is 2. The van der Waals surface area contributed by atoms with Crippen LogP contribution in [0.15, 0.2) is 72.8 Å². The molecule has 17 heteroatoms. The summed E-state index contributed by atoms with van der Waals surface area (Å²) in [6.07, 6.45) is 4.00. The van der Waals surface area contributed by atoms with Crippen molar-refractivity contribution in [3.8, 4) is 0 Å². The second kappa shape index (κ2) is 29.7. The summed E-state index contributed by atoms with van der Waals surface area (Å²) in [7, 11) is 1.71. The number of hydrogen-bond acceptors (Lipinski definition) is 9. The van der Waals surface area contributed by atoms with Gasteiger partial charge in [0.2, 0.25) is 29.5 Å². The van der Waals surface area contributed by atoms with Gasteiger partial charge in [-0.25, -0.2) is 8.78 Å². The molecule has 0 bridgehead atoms. The maximum absolute atomic E-state index is 14.3. The van der Waals surface area contributed by atoms with Gasteiger partial charge in [-0.2, -0.15) is 0 Å². The lowest BCUT2D eigenvalue weighted by molar-refractivity contribution is -0.144. The minimum absolute atomic E-state index is 0. The van der Waals surface area contributed by atoms with Crippen molar-refractivity contribution >= 4 is 47.0 Å². The molecule has 79 heavy (non-hydrogen) atoms. The number of hydrogen-bond donors (Lipinski definition) is 3. The highest BCUT2D eigenvalue weighted by molar-refractivity contribution is 6.00. The van der Waals surface area contributed by atoms with E-state index in [9.17, 15) is 47.1 Å². The average molecular weight is 1100 g/mol. The highest BCUT2D eigenvalue weighted by Gasteiger charge is 2.42. The van der Waals surface area contributed by atoms with E-state index < -0.39 is 34.7 Å². The van der Waals surface area contributed by atoms with Crippen molar-refractivity contribution in [2.75, 3.05) is 52.9 Å². The van der Waals surface area contributed by atoms with Crippen molar-refractivity contribution in [3.05, 3.63) is 107 Å². The van der Waals surface area contributed by atoms with Crippen LogP contribution in [0.3, 0.4) is 0 Å². The fourth-order valence-corrected chi connectivity index (χ4v) is 10.1. The first kappa shape index (κ1) is 65.2. The van der Waals surface area contributed by atoms with Crippen molar-refractivity contribution in [3.63, 3.8) is 0 Å². The summed E-state index contributed by atoms with van der Waals surface area (Å²) >= 11 is 0. The first-order valence-corrected chi connectivity index (χ1v) is 27.9. The number of carbonyl (C=O) groups excluding carboxylic acids is 8. The summed E-state index contributed by atoms with van der Waals surface area (Å²) in [6.45, 7) is 18.6. The Bertz CT molecular complexity index is 2370. The Labute approximate surface area is 468 Å². The summed E-state index contributed by atoms with van der Waals surface area (Å²) in [5.74, 6) is -3.74. The maximum atomic E-state index is 14.3. The van der Waals surface area contributed by atoms with E-state index in [0.717, 1.165) is 24.0 Å². The lowest BCUT2D eigenvalue weighted by Crippen LogP contribution is -2.57. The van der Waals surface area contributed by atoms with Gasteiger partial charge < -0.3 is 35.6 Å². The number of benzene rings is 3. The van der Waals surface area contributed by atoms with E-state index in [2.05, 4.69) is 16.0 Å². The van der Waals surface area contributed by atoms with Crippen LogP contribution in [0.4, 0.5) is 8.78 Å². The Morgan fingerprint density at radius 3 is 1.61 bits per heavy atom. The number of nitrogens with zero attached hydrogens (tertiary/aromatic N) is 4. The molecule has 2 aliphatic heterocycles. The number of Topliss-reactive ketones (excluding diaryl/α,β-unsaturated/α-hetero) is 2. The van der Waals surface area contributed by atoms with Crippen LogP contribution in [0.1, 0.15) is 153 Å². The van der Waals surface area contributed by atoms with Gasteiger partial charge in [-0.15, -0.1) is 0 Å². The summed E-state index contributed by atoms with van der Waals surface area (Å²) in [4.78, 5) is 117. The SMILES string of the molecule is C.CC[C@@H](C)C(=O)N[C@H](C(=O)N1CCC[C@H]1CN(CCc1ccc(F)cc1)C(=O)CCC(=O)c1ccc(C(=O)NCC(=O)N(CCc2ccc(F)cc2)C[C@@H]2CCCN2C(=O)[C@@H](CC(=O)[C@H](C)NC)C(C)(C)C)cc1)C(C)(C)C. The molecule has 0 unspecified atom stereocenters. The van der Waals surface area contributed by atoms with E-state index in [1.807, 2.05) is 55.4 Å². The predicted molar refractivity (Wildman–Crippen MR) is 304 cm³/mol. The largest absolute Gasteiger partial charge is 0.344 e. The van der Waals surface area contributed by atoms with Gasteiger partial charge in [-0.3, -0.25) is 38.4 Å². The number of likely N-dealkylation sites (N-methyl/N-ethyl adjacent to an activating group) is 1. The van der Waals surface area contributed by atoms with Crippen LogP contribution in [-0.2, 0) is 41.6 Å². The monoisotopic (exact) mass is 1100 g/mol. The van der Waals surface area contributed by atoms with Crippen molar-refractivity contribution in [1.29, 1.82) is 0 Å². The number of carbonyl (C=O) groups is 8. The summed E-state index contributed by atoms with van der Waals surface area (Å²) < 4.78 is 27.6. The molecule has 3 aromatic rings. The lowest BCUT2D eigenvalue weighted by atomic mass is 9.76. The third kappa shape index (κ3) is 18.9. The highest BCUT2D eigenvalue weighted by Crippen LogP contribution is 2.34. The summed E-state index contributed by atoms with van der Waals surface area (Å²) in [5.41, 5.74) is 1.01. The van der Waals surface area contributed by atoms with E-state index >= 15 is 0 Å². The molecule has 0 radical (unpaired) electrons. The molecule has 0 spiro atoms. The second-order valence-electron chi connectivity index (χ2n) is 23.5. The molecule has 2 fully saturated rings. The second-order valence-corrected chi connectivity index (χ2v) is 23.5. The molecule has 0 saturated carbocycles. The Balaban J connectivity index is 0.0000134. The van der Waals surface area contributed by atoms with Crippen molar-refractivity contribution < 1.29 is 47.1 Å². The van der Waals surface area contributed by atoms with Gasteiger partial charge in [0, 0.05) is 93.6 Å². The fraction of sp³-hybridized carbons (Fsp3) is 0.581. The van der Waals surface area contributed by atoms with Crippen LogP contribution < -0.4 is 16.0 Å². The average Bonchev–Trinajstić information content (AvgIpc) is 4.15. The van der Waals surface area contributed by atoms with Crippen LogP contribution in [0.2, 0.25) is 0 Å². The van der Waals surface area contributed by atoms with Crippen molar-refractivity contribution in [2.45, 2.75) is 158 Å². The molecule has 6 atom stereocenters. The number of amides is 6. The molecule has 2 aliphatic rings. The van der Waals surface area contributed by atoms with Gasteiger partial charge in [0.05, 0.1) is 12.6 Å². The number of likely N-dealkylation sites (tertiary alicyclic amines) is 2. The van der Waals surface area contributed by atoms with Crippen LogP contribution in [0.5, 0.6) is 0 Å². The van der Waals surface area contributed by atoms with E-state index in [-0.39, 0.29) is 141 Å². The van der Waals surface area contributed by atoms with E-state index in [4.69, 9.17) is 0 Å². The minimum atomic E-state index is -0.779. The smallest absolute Gasteiger partial charge is 0.251 e. The summed E-state index contributed by atoms with van der Waals surface area (Å²) in [5, 5.41) is 8.68. The Morgan fingerprint density at radius 1 is 0.658 bits per heavy atom. The Kier molecular flexibility index (Phi) is 24.5. The third-order valence-electron chi connectivity index (χ3n) is 15.6. The van der Waals surface area contributed by atoms with Gasteiger partial charge in [-0.05, 0) is 117 Å². The van der Waals surface area contributed by atoms with Crippen LogP contribution in [-0.4, -0.2) is 144 Å². The summed E-state index contributed by atoms with van der Waals surface area (Å²) in [6, 6.07) is 16.2. The van der Waals surface area contributed by atoms with E-state index in [1.54, 1.807) is 57.8 Å². The molecule has 3 aromatic carbocycles.